The quantitative estimate of drug-likeness (QED) is 0.906. The van der Waals surface area contributed by atoms with Crippen LogP contribution in [0.2, 0.25) is 0 Å². The summed E-state index contributed by atoms with van der Waals surface area (Å²) in [6, 6.07) is 13.5. The Morgan fingerprint density at radius 2 is 1.92 bits per heavy atom. The van der Waals surface area contributed by atoms with Gasteiger partial charge in [0.05, 0.1) is 4.90 Å². The summed E-state index contributed by atoms with van der Waals surface area (Å²) in [5, 5.41) is 5.46. The molecule has 0 fully saturated rings. The highest BCUT2D eigenvalue weighted by molar-refractivity contribution is 7.89. The first-order chi connectivity index (χ1) is 11.5. The molecule has 0 aliphatic carbocycles. The van der Waals surface area contributed by atoms with E-state index in [1.54, 1.807) is 12.1 Å². The average molecular weight is 342 g/mol. The molecule has 0 bridgehead atoms. The Morgan fingerprint density at radius 1 is 1.12 bits per heavy atom. The summed E-state index contributed by atoms with van der Waals surface area (Å²) in [6.45, 7) is 3.37. The van der Waals surface area contributed by atoms with Crippen molar-refractivity contribution in [1.29, 1.82) is 0 Å². The van der Waals surface area contributed by atoms with Gasteiger partial charge in [0.15, 0.2) is 0 Å². The van der Waals surface area contributed by atoms with Gasteiger partial charge in [-0.3, -0.25) is 0 Å². The first kappa shape index (κ1) is 16.7. The molecule has 126 valence electrons. The standard InChI is InChI=1S/C19H22N2O2S/c1-2-7-15-9-5-12-19(24(20,22)23)17(15)14-21-13-6-10-16-8-3-4-11-18(16)21/h3-6,8-12H,2,7,13-14H2,1H3,(H2,20,22,23). The minimum atomic E-state index is -3.75. The molecule has 0 saturated heterocycles. The Kier molecular flexibility index (Phi) is 4.73. The van der Waals surface area contributed by atoms with Crippen LogP contribution in [0, 0.1) is 0 Å². The molecule has 0 unspecified atom stereocenters. The van der Waals surface area contributed by atoms with E-state index >= 15 is 0 Å². The van der Waals surface area contributed by atoms with Crippen molar-refractivity contribution in [1.82, 2.24) is 0 Å². The van der Waals surface area contributed by atoms with Crippen LogP contribution in [0.3, 0.4) is 0 Å². The van der Waals surface area contributed by atoms with Gasteiger partial charge in [0.2, 0.25) is 10.0 Å². The summed E-state index contributed by atoms with van der Waals surface area (Å²) in [6.07, 6.45) is 5.99. The maximum atomic E-state index is 12.0. The summed E-state index contributed by atoms with van der Waals surface area (Å²) in [4.78, 5) is 2.43. The first-order valence-corrected chi connectivity index (χ1v) is 9.69. The van der Waals surface area contributed by atoms with Gasteiger partial charge in [-0.1, -0.05) is 55.8 Å². The smallest absolute Gasteiger partial charge is 0.238 e. The number of primary sulfonamides is 1. The Labute approximate surface area is 143 Å². The fourth-order valence-corrected chi connectivity index (χ4v) is 4.03. The lowest BCUT2D eigenvalue weighted by Crippen LogP contribution is -2.28. The Morgan fingerprint density at radius 3 is 2.67 bits per heavy atom. The molecule has 2 aromatic carbocycles. The van der Waals surface area contributed by atoms with Gasteiger partial charge in [-0.05, 0) is 35.2 Å². The van der Waals surface area contributed by atoms with E-state index in [-0.39, 0.29) is 4.90 Å². The number of nitrogens with two attached hydrogens (primary N) is 1. The second-order valence-corrected chi connectivity index (χ2v) is 7.56. The van der Waals surface area contributed by atoms with Crippen LogP contribution in [-0.2, 0) is 23.0 Å². The van der Waals surface area contributed by atoms with Crippen molar-refractivity contribution in [2.45, 2.75) is 31.2 Å². The normalized spacial score (nSPS) is 13.8. The largest absolute Gasteiger partial charge is 0.363 e. The molecular formula is C19H22N2O2S. The minimum absolute atomic E-state index is 0.237. The van der Waals surface area contributed by atoms with Crippen molar-refractivity contribution in [3.63, 3.8) is 0 Å². The average Bonchev–Trinajstić information content (AvgIpc) is 2.56. The molecule has 4 nitrogen and oxygen atoms in total. The molecule has 24 heavy (non-hydrogen) atoms. The van der Waals surface area contributed by atoms with Crippen LogP contribution in [0.25, 0.3) is 6.08 Å². The number of anilines is 1. The second-order valence-electron chi connectivity index (χ2n) is 6.03. The van der Waals surface area contributed by atoms with Gasteiger partial charge in [-0.15, -0.1) is 0 Å². The molecule has 2 N–H and O–H groups in total. The van der Waals surface area contributed by atoms with Crippen molar-refractivity contribution >= 4 is 21.8 Å². The van der Waals surface area contributed by atoms with E-state index in [9.17, 15) is 8.42 Å². The van der Waals surface area contributed by atoms with Gasteiger partial charge < -0.3 is 4.90 Å². The molecular weight excluding hydrogens is 320 g/mol. The number of para-hydroxylation sites is 1. The monoisotopic (exact) mass is 342 g/mol. The minimum Gasteiger partial charge on any atom is -0.363 e. The fourth-order valence-electron chi connectivity index (χ4n) is 3.22. The van der Waals surface area contributed by atoms with Crippen LogP contribution < -0.4 is 10.0 Å². The van der Waals surface area contributed by atoms with E-state index in [0.717, 1.165) is 41.8 Å². The maximum Gasteiger partial charge on any atom is 0.238 e. The van der Waals surface area contributed by atoms with Crippen LogP contribution in [0.4, 0.5) is 5.69 Å². The maximum absolute atomic E-state index is 12.0. The van der Waals surface area contributed by atoms with Crippen LogP contribution in [0.15, 0.2) is 53.4 Å². The zero-order valence-corrected chi connectivity index (χ0v) is 14.6. The molecule has 0 amide bonds. The van der Waals surface area contributed by atoms with Crippen molar-refractivity contribution < 1.29 is 8.42 Å². The summed E-state index contributed by atoms with van der Waals surface area (Å²) in [5.74, 6) is 0. The second kappa shape index (κ2) is 6.79. The molecule has 0 radical (unpaired) electrons. The molecule has 0 spiro atoms. The lowest BCUT2D eigenvalue weighted by atomic mass is 10.0. The number of hydrogen-bond donors (Lipinski definition) is 1. The van der Waals surface area contributed by atoms with E-state index in [1.165, 1.54) is 0 Å². The highest BCUT2D eigenvalue weighted by atomic mass is 32.2. The third-order valence-corrected chi connectivity index (χ3v) is 5.30. The number of benzene rings is 2. The molecule has 0 aromatic heterocycles. The zero-order valence-electron chi connectivity index (χ0n) is 13.8. The van der Waals surface area contributed by atoms with Crippen molar-refractivity contribution in [2.75, 3.05) is 11.4 Å². The van der Waals surface area contributed by atoms with Gasteiger partial charge in [0.25, 0.3) is 0 Å². The lowest BCUT2D eigenvalue weighted by molar-refractivity contribution is 0.596. The number of sulfonamides is 1. The Bertz CT molecular complexity index is 873. The molecule has 5 heteroatoms. The number of hydrogen-bond acceptors (Lipinski definition) is 3. The van der Waals surface area contributed by atoms with Crippen LogP contribution >= 0.6 is 0 Å². The number of aryl methyl sites for hydroxylation is 1. The topological polar surface area (TPSA) is 63.4 Å². The fraction of sp³-hybridized carbons (Fsp3) is 0.263. The molecule has 1 aliphatic rings. The van der Waals surface area contributed by atoms with Crippen LogP contribution in [0.5, 0.6) is 0 Å². The van der Waals surface area contributed by atoms with Crippen molar-refractivity contribution in [2.24, 2.45) is 5.14 Å². The number of fused-ring (bicyclic) bond motifs is 1. The van der Waals surface area contributed by atoms with Gasteiger partial charge in [0.1, 0.15) is 0 Å². The number of rotatable bonds is 5. The summed E-state index contributed by atoms with van der Waals surface area (Å²) in [7, 11) is -3.75. The van der Waals surface area contributed by atoms with E-state index in [0.29, 0.717) is 6.54 Å². The molecule has 0 saturated carbocycles. The van der Waals surface area contributed by atoms with Crippen molar-refractivity contribution in [3.05, 3.63) is 65.2 Å². The molecule has 1 heterocycles. The first-order valence-electron chi connectivity index (χ1n) is 8.15. The van der Waals surface area contributed by atoms with Gasteiger partial charge >= 0.3 is 0 Å². The SMILES string of the molecule is CCCc1cccc(S(N)(=O)=O)c1CN1CC=Cc2ccccc21. The predicted octanol–water partition coefficient (Wildman–Crippen LogP) is 3.32. The molecule has 3 rings (SSSR count). The van der Waals surface area contributed by atoms with Crippen LogP contribution in [-0.4, -0.2) is 15.0 Å². The van der Waals surface area contributed by atoms with Crippen LogP contribution in [0.1, 0.15) is 30.0 Å². The molecule has 0 atom stereocenters. The highest BCUT2D eigenvalue weighted by Crippen LogP contribution is 2.29. The third-order valence-electron chi connectivity index (χ3n) is 4.31. The summed E-state index contributed by atoms with van der Waals surface area (Å²) < 4.78 is 24.1. The van der Waals surface area contributed by atoms with E-state index < -0.39 is 10.0 Å². The Hall–Kier alpha value is -2.11. The highest BCUT2D eigenvalue weighted by Gasteiger charge is 2.21. The zero-order chi connectivity index (χ0) is 17.2. The predicted molar refractivity (Wildman–Crippen MR) is 98.3 cm³/mol. The summed E-state index contributed by atoms with van der Waals surface area (Å²) in [5.41, 5.74) is 4.13. The lowest BCUT2D eigenvalue weighted by Gasteiger charge is -2.29. The van der Waals surface area contributed by atoms with E-state index in [1.807, 2.05) is 18.2 Å². The Balaban J connectivity index is 2.05. The van der Waals surface area contributed by atoms with Gasteiger partial charge in [0, 0.05) is 18.8 Å². The number of nitrogens with zero attached hydrogens (tertiary/aromatic N) is 1. The summed E-state index contributed by atoms with van der Waals surface area (Å²) >= 11 is 0. The van der Waals surface area contributed by atoms with E-state index in [2.05, 4.69) is 36.1 Å². The van der Waals surface area contributed by atoms with E-state index in [4.69, 9.17) is 5.14 Å². The third kappa shape index (κ3) is 3.37. The molecule has 2 aromatic rings. The molecule has 1 aliphatic heterocycles. The van der Waals surface area contributed by atoms with Gasteiger partial charge in [-0.25, -0.2) is 13.6 Å². The van der Waals surface area contributed by atoms with Crippen molar-refractivity contribution in [3.8, 4) is 0 Å². The van der Waals surface area contributed by atoms with Gasteiger partial charge in [-0.2, -0.15) is 0 Å².